The van der Waals surface area contributed by atoms with Crippen LogP contribution in [0.25, 0.3) is 0 Å². The molecule has 8 aromatic rings. The van der Waals surface area contributed by atoms with Crippen LogP contribution in [-0.4, -0.2) is 174 Å². The molecule has 31 heteroatoms. The SMILES string of the molecule is CC[C@@H]1[C@@H](C)[C@H](OCc2ccc(OC)cc2)C[SeH]1C[C@@H](C)[C@@H](OS(=O)(=O)O)[C@H](OCc1ccc(OC)cc1)[C@@H]1OC(c2ccccc2)OC[C@@H]1OCc1ccc(OC)cc1.CC[C@H]1[Se]C[C@@H](OCc2ccc(OC)cc2)[C@@H]1C.COc1ccc(CO[C@@H]([C@@H]2OS(=O)(=O)OC[C@H]2C)[C@@H]2OC(c3ccccc3)OC[C@@H]2OCc2ccc(OC)cc2)cc1.[I][V][I]. The molecule has 0 amide bonds. The van der Waals surface area contributed by atoms with Gasteiger partial charge in [0.2, 0.25) is 0 Å². The summed E-state index contributed by atoms with van der Waals surface area (Å²) in [4.78, 5) is 1.37. The molecule has 5 aliphatic heterocycles. The maximum atomic E-state index is 12.9. The minimum absolute atomic E-state index is 0.0435. The van der Waals surface area contributed by atoms with E-state index in [1.165, 1.54) is 17.3 Å². The number of ether oxygens (including phenoxy) is 16. The van der Waals surface area contributed by atoms with Gasteiger partial charge in [-0.1, -0.05) is 61.5 Å². The van der Waals surface area contributed by atoms with Crippen LogP contribution in [0.1, 0.15) is 111 Å². The Morgan fingerprint density at radius 2 is 0.862 bits per heavy atom. The van der Waals surface area contributed by atoms with E-state index < -0.39 is 96.1 Å². The number of hydrogen-bond donors (Lipinski definition) is 1. The van der Waals surface area contributed by atoms with Crippen molar-refractivity contribution < 1.29 is 119 Å². The molecule has 0 radical (unpaired) electrons. The van der Waals surface area contributed by atoms with Gasteiger partial charge < -0.3 is 33.2 Å². The van der Waals surface area contributed by atoms with Crippen molar-refractivity contribution >= 4 is 89.6 Å². The van der Waals surface area contributed by atoms with E-state index in [1.54, 1.807) is 42.7 Å². The summed E-state index contributed by atoms with van der Waals surface area (Å²) in [6.45, 7) is 15.2. The summed E-state index contributed by atoms with van der Waals surface area (Å²) in [5.41, 5.74) is 7.41. The van der Waals surface area contributed by atoms with Crippen LogP contribution < -0.4 is 28.4 Å². The first kappa shape index (κ1) is 100. The molecule has 0 saturated carbocycles. The third kappa shape index (κ3) is 30.8. The Labute approximate surface area is 766 Å². The monoisotopic (exact) mass is 2140 g/mol. The molecule has 13 rings (SSSR count). The summed E-state index contributed by atoms with van der Waals surface area (Å²) in [5.74, 6) is 4.93. The Morgan fingerprint density at radius 1 is 0.488 bits per heavy atom. The van der Waals surface area contributed by atoms with Crippen LogP contribution in [-0.2, 0) is 130 Å². The van der Waals surface area contributed by atoms with Gasteiger partial charge in [-0.2, -0.15) is 8.42 Å². The van der Waals surface area contributed by atoms with Gasteiger partial charge in [-0.15, -0.1) is 0 Å². The maximum absolute atomic E-state index is 12.9. The quantitative estimate of drug-likeness (QED) is 0.0215. The van der Waals surface area contributed by atoms with Crippen molar-refractivity contribution in [1.82, 2.24) is 0 Å². The molecule has 5 heterocycles. The number of methoxy groups -OCH3 is 6. The Morgan fingerprint density at radius 3 is 1.24 bits per heavy atom. The van der Waals surface area contributed by atoms with Crippen LogP contribution in [0, 0.1) is 23.7 Å². The Hall–Kier alpha value is -5.02. The third-order valence-electron chi connectivity index (χ3n) is 22.4. The molecule has 24 nitrogen and oxygen atoms in total. The van der Waals surface area contributed by atoms with Gasteiger partial charge in [-0.05, 0) is 35.4 Å². The first-order chi connectivity index (χ1) is 59.5. The molecule has 0 aliphatic carbocycles. The van der Waals surface area contributed by atoms with Crippen molar-refractivity contribution in [3.8, 4) is 34.5 Å². The molecule has 1 N–H and O–H groups in total. The van der Waals surface area contributed by atoms with Crippen molar-refractivity contribution in [2.75, 3.05) is 62.5 Å². The van der Waals surface area contributed by atoms with E-state index in [0.717, 1.165) is 111 Å². The van der Waals surface area contributed by atoms with E-state index in [1.807, 2.05) is 208 Å². The van der Waals surface area contributed by atoms with E-state index in [-0.39, 0.29) is 64.2 Å². The molecule has 5 saturated heterocycles. The molecule has 3 unspecified atom stereocenters. The van der Waals surface area contributed by atoms with Gasteiger partial charge in [-0.3, -0.25) is 0 Å². The zero-order chi connectivity index (χ0) is 87.8. The van der Waals surface area contributed by atoms with E-state index in [0.29, 0.717) is 44.4 Å². The molecule has 123 heavy (non-hydrogen) atoms. The van der Waals surface area contributed by atoms with Crippen LogP contribution in [0.2, 0.25) is 25.6 Å². The molecule has 673 valence electrons. The number of hydrogen-bond acceptors (Lipinski definition) is 23. The molecule has 19 atom stereocenters. The second-order valence-electron chi connectivity index (χ2n) is 30.6. The molecular formula is C92H118I2O24S2Se2V. The average molecular weight is 2130 g/mol. The van der Waals surface area contributed by atoms with Crippen molar-refractivity contribution in [3.05, 3.63) is 251 Å². The van der Waals surface area contributed by atoms with Crippen LogP contribution in [0.5, 0.6) is 34.5 Å². The second-order valence-corrected chi connectivity index (χ2v) is 52.7. The fourth-order valence-electron chi connectivity index (χ4n) is 15.4. The third-order valence-corrected chi connectivity index (χ3v) is 35.0. The molecule has 0 aromatic heterocycles. The van der Waals surface area contributed by atoms with Crippen molar-refractivity contribution in [2.45, 2.75) is 193 Å². The minimum atomic E-state index is -4.96. The molecule has 5 fully saturated rings. The predicted octanol–water partition coefficient (Wildman–Crippen LogP) is 18.3. The van der Waals surface area contributed by atoms with Gasteiger partial charge in [0.15, 0.2) is 6.29 Å². The number of halogens is 2. The fourth-order valence-corrected chi connectivity index (χ4v) is 28.5. The predicted molar refractivity (Wildman–Crippen MR) is 486 cm³/mol. The Bertz CT molecular complexity index is 4570. The first-order valence-electron chi connectivity index (χ1n) is 41.1. The van der Waals surface area contributed by atoms with Crippen molar-refractivity contribution in [1.29, 1.82) is 0 Å². The van der Waals surface area contributed by atoms with Gasteiger partial charge in [0, 0.05) is 11.5 Å². The standard InChI is InChI=1S/C46H60O12SSe.C31H36O10S.C15H22O2Se.2HI.V/c1-7-42-32(3)41(54-26-34-15-21-38(51-5)22-16-34)30-60(42)29-31(2)43(58-59(47,48)49)45(55-27-35-17-23-39(52-6)24-18-35)44-40(53-25-33-13-19-37(50-4)20-14-33)28-56-46(57-44)36-11-9-8-10-12-36;1-21-17-39-42(32,33)41-28(21)30(37-19-23-11-15-26(35-3)16-12-23)29-27(36-18-22-9-13-25(34-2)14-10-22)20-38-31(40-29)24-7-5-4-6-8-24;1-4-15-11(2)14(10-18-15)17-9-12-5-7-13(16-3)8-6-12;;;/h8-24,31-32,40-46,60H,7,25-30H2,1-6H3,(H,47,48,49);4-16,21,27-31H,17-20H2,1-3H3;5-8,11,14-15H,4,9-10H2,1-3H3;2*1H;/q;;;;;+2/p-2/t31-,32+,40+,41-,42-,43-,44-,45+,46?;21-,27+,28-,29-,30+,31?;11-,14+,15+;;;/m110.../s1. The summed E-state index contributed by atoms with van der Waals surface area (Å²) in [6.07, 6.45) is -5.56. The zero-order valence-electron chi connectivity index (χ0n) is 71.6. The average Bonchev–Trinajstić information content (AvgIpc) is 1.54. The Balaban J connectivity index is 0.000000216. The van der Waals surface area contributed by atoms with Crippen molar-refractivity contribution in [2.24, 2.45) is 23.7 Å². The van der Waals surface area contributed by atoms with Gasteiger partial charge in [0.1, 0.15) is 35.9 Å². The van der Waals surface area contributed by atoms with Gasteiger partial charge in [0.25, 0.3) is 0 Å². The summed E-state index contributed by atoms with van der Waals surface area (Å²) < 4.78 is 174. The van der Waals surface area contributed by atoms with Gasteiger partial charge >= 0.3 is 525 Å². The summed E-state index contributed by atoms with van der Waals surface area (Å²) in [6, 6.07) is 65.1. The van der Waals surface area contributed by atoms with Gasteiger partial charge in [0.05, 0.1) is 47.8 Å². The normalized spacial score (nSPS) is 25.4. The molecule has 0 bridgehead atoms. The topological polar surface area (TPSA) is 264 Å². The molecule has 0 spiro atoms. The van der Waals surface area contributed by atoms with Gasteiger partial charge in [-0.25, -0.2) is 8.37 Å². The van der Waals surface area contributed by atoms with E-state index in [9.17, 15) is 21.4 Å². The van der Waals surface area contributed by atoms with Crippen LogP contribution in [0.4, 0.5) is 0 Å². The molecule has 8 aromatic carbocycles. The van der Waals surface area contributed by atoms with E-state index >= 15 is 0 Å². The van der Waals surface area contributed by atoms with E-state index in [2.05, 4.69) is 79.8 Å². The fraction of sp³-hybridized carbons (Fsp3) is 0.478. The zero-order valence-corrected chi connectivity index (χ0v) is 82.6. The summed E-state index contributed by atoms with van der Waals surface area (Å²) in [5, 5.41) is 2.94. The van der Waals surface area contributed by atoms with Crippen molar-refractivity contribution in [3.63, 3.8) is 0 Å². The van der Waals surface area contributed by atoms with Crippen LogP contribution >= 0.6 is 40.0 Å². The van der Waals surface area contributed by atoms with E-state index in [4.69, 9.17) is 88.3 Å². The molecular weight excluding hydrogens is 2020 g/mol. The Kier molecular flexibility index (Phi) is 41.8. The number of benzene rings is 8. The summed E-state index contributed by atoms with van der Waals surface area (Å²) >= 11 is 3.80. The first-order valence-corrected chi connectivity index (χ1v) is 58.8. The van der Waals surface area contributed by atoms with Crippen LogP contribution in [0.15, 0.2) is 206 Å². The summed E-state index contributed by atoms with van der Waals surface area (Å²) in [7, 11) is 1.22. The second kappa shape index (κ2) is 51.4. The van der Waals surface area contributed by atoms with Crippen LogP contribution in [0.3, 0.4) is 0 Å². The number of rotatable bonds is 37. The molecule has 5 aliphatic rings.